The minimum Gasteiger partial charge on any atom is -0.259 e. The lowest BCUT2D eigenvalue weighted by Gasteiger charge is -1.96. The first kappa shape index (κ1) is 12.7. The van der Waals surface area contributed by atoms with E-state index in [1.807, 2.05) is 0 Å². The van der Waals surface area contributed by atoms with Gasteiger partial charge in [0.15, 0.2) is 5.82 Å². The summed E-state index contributed by atoms with van der Waals surface area (Å²) >= 11 is 5.80. The summed E-state index contributed by atoms with van der Waals surface area (Å²) in [5, 5.41) is 8.84. The van der Waals surface area contributed by atoms with Gasteiger partial charge in [-0.15, -0.1) is 6.42 Å². The Balaban J connectivity index is 2.44. The number of aromatic nitrogens is 3. The molecule has 0 fully saturated rings. The van der Waals surface area contributed by atoms with Gasteiger partial charge in [0.1, 0.15) is 0 Å². The molecule has 1 N–H and O–H groups in total. The molecule has 92 valence electrons. The van der Waals surface area contributed by atoms with Crippen LogP contribution >= 0.6 is 11.6 Å². The molecule has 0 aliphatic carbocycles. The van der Waals surface area contributed by atoms with E-state index < -0.39 is 9.52 Å². The average molecular weight is 280 g/mol. The molecule has 0 bridgehead atoms. The Morgan fingerprint density at radius 2 is 2.11 bits per heavy atom. The van der Waals surface area contributed by atoms with Crippen LogP contribution in [0.5, 0.6) is 0 Å². The molecule has 1 heterocycles. The number of benzene rings is 1. The first-order valence-corrected chi connectivity index (χ1v) is 7.40. The second-order valence-corrected chi connectivity index (χ2v) is 6.53. The van der Waals surface area contributed by atoms with Gasteiger partial charge in [-0.05, 0) is 24.3 Å². The van der Waals surface area contributed by atoms with Crippen LogP contribution in [0, 0.1) is 12.3 Å². The Morgan fingerprint density at radius 1 is 1.44 bits per heavy atom. The van der Waals surface area contributed by atoms with Crippen LogP contribution < -0.4 is 0 Å². The number of halogens is 1. The molecular weight excluding hydrogens is 270 g/mol. The van der Waals surface area contributed by atoms with Crippen molar-refractivity contribution in [3.8, 4) is 23.7 Å². The molecule has 0 aliphatic rings. The molecule has 18 heavy (non-hydrogen) atoms. The zero-order valence-electron chi connectivity index (χ0n) is 9.55. The van der Waals surface area contributed by atoms with Crippen molar-refractivity contribution in [1.82, 2.24) is 15.2 Å². The van der Waals surface area contributed by atoms with E-state index in [1.165, 1.54) is 11.6 Å². The summed E-state index contributed by atoms with van der Waals surface area (Å²) in [5.41, 5.74) is 0.790. The Kier molecular flexibility index (Phi) is 3.41. The second-order valence-electron chi connectivity index (χ2n) is 3.66. The lowest BCUT2D eigenvalue weighted by Crippen LogP contribution is -2.03. The van der Waals surface area contributed by atoms with Gasteiger partial charge in [0.2, 0.25) is 5.16 Å². The fourth-order valence-corrected chi connectivity index (χ4v) is 2.33. The highest BCUT2D eigenvalue weighted by Crippen LogP contribution is 2.18. The molecular formula is C12H10ClN3OS. The highest BCUT2D eigenvalue weighted by atomic mass is 35.5. The van der Waals surface area contributed by atoms with Crippen molar-refractivity contribution < 1.29 is 4.21 Å². The summed E-state index contributed by atoms with van der Waals surface area (Å²) in [4.78, 5) is 4.19. The molecule has 0 spiro atoms. The summed E-state index contributed by atoms with van der Waals surface area (Å²) in [7, 11) is -2.47. The first-order chi connectivity index (χ1) is 8.53. The molecule has 0 amide bonds. The number of terminal acetylenes is 1. The number of hydrogen-bond acceptors (Lipinski definition) is 3. The lowest BCUT2D eigenvalue weighted by atomic mass is 10.2. The normalized spacial score (nSPS) is 13.6. The molecule has 6 heteroatoms. The SMILES string of the molecule is C#CC=S(C)(=O)c1nc(-c2ccc(Cl)cc2)n[nH]1. The van der Waals surface area contributed by atoms with Crippen LogP contribution in [0.15, 0.2) is 29.4 Å². The van der Waals surface area contributed by atoms with Gasteiger partial charge in [0.25, 0.3) is 0 Å². The maximum absolute atomic E-state index is 12.1. The van der Waals surface area contributed by atoms with E-state index in [9.17, 15) is 4.21 Å². The van der Waals surface area contributed by atoms with E-state index in [0.717, 1.165) is 5.56 Å². The van der Waals surface area contributed by atoms with Gasteiger partial charge in [-0.1, -0.05) is 17.5 Å². The summed E-state index contributed by atoms with van der Waals surface area (Å²) < 4.78 is 12.1. The summed E-state index contributed by atoms with van der Waals surface area (Å²) in [5.74, 6) is 2.72. The van der Waals surface area contributed by atoms with Crippen molar-refractivity contribution >= 4 is 26.5 Å². The van der Waals surface area contributed by atoms with Gasteiger partial charge in [0, 0.05) is 31.7 Å². The van der Waals surface area contributed by atoms with Crippen molar-refractivity contribution in [3.63, 3.8) is 0 Å². The van der Waals surface area contributed by atoms with Gasteiger partial charge in [-0.3, -0.25) is 9.31 Å². The van der Waals surface area contributed by atoms with E-state index in [-0.39, 0.29) is 5.16 Å². The maximum atomic E-state index is 12.1. The highest BCUT2D eigenvalue weighted by Gasteiger charge is 2.11. The lowest BCUT2D eigenvalue weighted by molar-refractivity contribution is 0.678. The zero-order chi connectivity index (χ0) is 13.2. The van der Waals surface area contributed by atoms with Crippen LogP contribution in [0.25, 0.3) is 11.4 Å². The minimum absolute atomic E-state index is 0.269. The van der Waals surface area contributed by atoms with Crippen molar-refractivity contribution in [3.05, 3.63) is 29.3 Å². The van der Waals surface area contributed by atoms with E-state index >= 15 is 0 Å². The quantitative estimate of drug-likeness (QED) is 0.674. The average Bonchev–Trinajstić information content (AvgIpc) is 2.80. The number of nitrogens with one attached hydrogen (secondary N) is 1. The van der Waals surface area contributed by atoms with Crippen LogP contribution in [0.2, 0.25) is 5.02 Å². The fourth-order valence-electron chi connectivity index (χ4n) is 1.34. The van der Waals surface area contributed by atoms with Gasteiger partial charge >= 0.3 is 0 Å². The molecule has 0 saturated carbocycles. The molecule has 2 aromatic rings. The van der Waals surface area contributed by atoms with Crippen LogP contribution in [0.3, 0.4) is 0 Å². The number of rotatable bonds is 2. The summed E-state index contributed by atoms with van der Waals surface area (Å²) in [6.45, 7) is 0. The second kappa shape index (κ2) is 4.84. The summed E-state index contributed by atoms with van der Waals surface area (Å²) in [6.07, 6.45) is 6.64. The monoisotopic (exact) mass is 279 g/mol. The third kappa shape index (κ3) is 2.55. The van der Waals surface area contributed by atoms with Crippen molar-refractivity contribution in [2.24, 2.45) is 0 Å². The van der Waals surface area contributed by atoms with Crippen molar-refractivity contribution in [1.29, 1.82) is 0 Å². The summed E-state index contributed by atoms with van der Waals surface area (Å²) in [6, 6.07) is 7.06. The topological polar surface area (TPSA) is 58.6 Å². The maximum Gasteiger partial charge on any atom is 0.207 e. The predicted octanol–water partition coefficient (Wildman–Crippen LogP) is 1.83. The smallest absolute Gasteiger partial charge is 0.207 e. The first-order valence-electron chi connectivity index (χ1n) is 5.00. The van der Waals surface area contributed by atoms with Gasteiger partial charge in [0.05, 0.1) is 0 Å². The van der Waals surface area contributed by atoms with Crippen molar-refractivity contribution in [2.75, 3.05) is 6.26 Å². The predicted molar refractivity (Wildman–Crippen MR) is 74.1 cm³/mol. The van der Waals surface area contributed by atoms with Gasteiger partial charge in [-0.25, -0.2) is 0 Å². The zero-order valence-corrected chi connectivity index (χ0v) is 11.1. The van der Waals surface area contributed by atoms with E-state index in [1.54, 1.807) is 24.3 Å². The van der Waals surface area contributed by atoms with Gasteiger partial charge in [-0.2, -0.15) is 10.1 Å². The Hall–Kier alpha value is -1.77. The number of hydrogen-bond donors (Lipinski definition) is 1. The highest BCUT2D eigenvalue weighted by molar-refractivity contribution is 8.00. The third-order valence-corrected chi connectivity index (χ3v) is 4.03. The van der Waals surface area contributed by atoms with E-state index in [0.29, 0.717) is 10.8 Å². The van der Waals surface area contributed by atoms with Crippen LogP contribution in [-0.4, -0.2) is 31.0 Å². The largest absolute Gasteiger partial charge is 0.259 e. The molecule has 2 rings (SSSR count). The molecule has 0 saturated heterocycles. The van der Waals surface area contributed by atoms with E-state index in [2.05, 4.69) is 21.1 Å². The van der Waals surface area contributed by atoms with Crippen LogP contribution in [0.1, 0.15) is 0 Å². The molecule has 4 nitrogen and oxygen atoms in total. The Bertz CT molecular complexity index is 719. The minimum atomic E-state index is -2.47. The molecule has 0 aliphatic heterocycles. The van der Waals surface area contributed by atoms with Crippen LogP contribution in [0.4, 0.5) is 0 Å². The number of H-pyrrole nitrogens is 1. The number of nitrogens with zero attached hydrogens (tertiary/aromatic N) is 2. The molecule has 1 unspecified atom stereocenters. The standard InChI is InChI=1S/C12H10ClN3OS/c1-3-8-18(2,17)12-14-11(15-16-12)9-4-6-10(13)7-5-9/h1,4-8H,2H3,(H,14,15,16). The third-order valence-electron chi connectivity index (χ3n) is 2.24. The molecule has 1 aromatic carbocycles. The number of aromatic amines is 1. The Labute approximate surface area is 110 Å². The Morgan fingerprint density at radius 3 is 2.72 bits per heavy atom. The fraction of sp³-hybridized carbons (Fsp3) is 0.0833. The van der Waals surface area contributed by atoms with Gasteiger partial charge < -0.3 is 0 Å². The van der Waals surface area contributed by atoms with E-state index in [4.69, 9.17) is 18.0 Å². The van der Waals surface area contributed by atoms with Crippen molar-refractivity contribution in [2.45, 2.75) is 5.16 Å². The molecule has 1 aromatic heterocycles. The molecule has 1 atom stereocenters. The van der Waals surface area contributed by atoms with Crippen LogP contribution in [-0.2, 0) is 9.52 Å². The molecule has 0 radical (unpaired) electrons.